The van der Waals surface area contributed by atoms with Crippen molar-refractivity contribution in [3.05, 3.63) is 32.1 Å². The summed E-state index contributed by atoms with van der Waals surface area (Å²) in [6, 6.07) is 1.93. The molecule has 1 aliphatic rings. The normalized spacial score (nSPS) is 13.1. The van der Waals surface area contributed by atoms with Crippen LogP contribution in [0.15, 0.2) is 9.59 Å². The highest BCUT2D eigenvalue weighted by Gasteiger charge is 2.24. The smallest absolute Gasteiger partial charge is 0.331 e. The maximum absolute atomic E-state index is 12.9. The second kappa shape index (κ2) is 9.03. The van der Waals surface area contributed by atoms with Crippen molar-refractivity contribution in [2.75, 3.05) is 13.1 Å². The highest BCUT2D eigenvalue weighted by molar-refractivity contribution is 5.76. The fraction of sp³-hybridized carbons (Fsp3) is 0.700. The molecule has 0 aromatic carbocycles. The first-order valence-corrected chi connectivity index (χ1v) is 9.80. The van der Waals surface area contributed by atoms with Gasteiger partial charge in [0.05, 0.1) is 0 Å². The third kappa shape index (κ3) is 4.88. The van der Waals surface area contributed by atoms with Crippen LogP contribution in [0.25, 0.3) is 0 Å². The van der Waals surface area contributed by atoms with Gasteiger partial charge < -0.3 is 4.90 Å². The lowest BCUT2D eigenvalue weighted by molar-refractivity contribution is -0.132. The molecule has 1 amide bonds. The zero-order chi connectivity index (χ0) is 20.1. The minimum Gasteiger partial charge on any atom is -0.341 e. The van der Waals surface area contributed by atoms with Gasteiger partial charge in [-0.25, -0.2) is 9.36 Å². The molecule has 7 nitrogen and oxygen atoms in total. The van der Waals surface area contributed by atoms with E-state index in [-0.39, 0.29) is 18.0 Å². The van der Waals surface area contributed by atoms with Crippen LogP contribution in [0.2, 0.25) is 0 Å². The number of rotatable bonds is 8. The lowest BCUT2D eigenvalue weighted by atomic mass is 10.1. The quantitative estimate of drug-likeness (QED) is 0.693. The Kier molecular flexibility index (Phi) is 7.00. The topological polar surface area (TPSA) is 88.1 Å². The molecule has 148 valence electrons. The molecular weight excluding hydrogens is 344 g/mol. The molecular formula is C20H30N4O3. The van der Waals surface area contributed by atoms with Gasteiger partial charge in [-0.05, 0) is 37.5 Å². The highest BCUT2D eigenvalue weighted by atomic mass is 16.2. The molecule has 0 atom stereocenters. The zero-order valence-corrected chi connectivity index (χ0v) is 16.8. The summed E-state index contributed by atoms with van der Waals surface area (Å²) in [5.74, 6) is 0.675. The molecule has 0 N–H and O–H groups in total. The van der Waals surface area contributed by atoms with E-state index in [1.54, 1.807) is 4.90 Å². The van der Waals surface area contributed by atoms with E-state index in [2.05, 4.69) is 27.7 Å². The second-order valence-electron chi connectivity index (χ2n) is 8.11. The van der Waals surface area contributed by atoms with Crippen molar-refractivity contribution in [1.29, 1.82) is 5.26 Å². The second-order valence-corrected chi connectivity index (χ2v) is 8.11. The van der Waals surface area contributed by atoms with Gasteiger partial charge in [-0.1, -0.05) is 27.7 Å². The molecule has 7 heteroatoms. The molecule has 0 unspecified atom stereocenters. The van der Waals surface area contributed by atoms with Crippen LogP contribution in [-0.2, 0) is 24.3 Å². The van der Waals surface area contributed by atoms with Gasteiger partial charge in [0.2, 0.25) is 5.91 Å². The summed E-state index contributed by atoms with van der Waals surface area (Å²) >= 11 is 0. The first-order chi connectivity index (χ1) is 12.8. The van der Waals surface area contributed by atoms with E-state index >= 15 is 0 Å². The van der Waals surface area contributed by atoms with E-state index in [9.17, 15) is 19.6 Å². The molecule has 2 heterocycles. The average Bonchev–Trinajstić information content (AvgIpc) is 3.08. The Labute approximate surface area is 160 Å². The van der Waals surface area contributed by atoms with Crippen molar-refractivity contribution in [2.45, 2.75) is 66.5 Å². The van der Waals surface area contributed by atoms with Crippen LogP contribution in [0.3, 0.4) is 0 Å². The molecule has 0 saturated carbocycles. The molecule has 0 saturated heterocycles. The number of nitriles is 1. The molecule has 0 fully saturated rings. The third-order valence-corrected chi connectivity index (χ3v) is 5.04. The number of nitrogens with zero attached hydrogens (tertiary/aromatic N) is 4. The lowest BCUT2D eigenvalue weighted by Crippen LogP contribution is -2.46. The molecule has 27 heavy (non-hydrogen) atoms. The zero-order valence-electron chi connectivity index (χ0n) is 16.8. The molecule has 2 rings (SSSR count). The summed E-state index contributed by atoms with van der Waals surface area (Å²) in [6.45, 7) is 9.79. The van der Waals surface area contributed by atoms with Crippen LogP contribution in [0.4, 0.5) is 0 Å². The van der Waals surface area contributed by atoms with Gasteiger partial charge in [0.1, 0.15) is 18.2 Å². The third-order valence-electron chi connectivity index (χ3n) is 5.04. The SMILES string of the molecule is CC(C)CCN(CCC(C)C)C(=O)Cn1c(=O)c(C#N)c2n(c1=O)CCC2. The van der Waals surface area contributed by atoms with E-state index < -0.39 is 11.2 Å². The fourth-order valence-corrected chi connectivity index (χ4v) is 3.31. The van der Waals surface area contributed by atoms with Gasteiger partial charge in [-0.2, -0.15) is 5.26 Å². The van der Waals surface area contributed by atoms with E-state index in [4.69, 9.17) is 0 Å². The summed E-state index contributed by atoms with van der Waals surface area (Å²) in [6.07, 6.45) is 3.02. The Morgan fingerprint density at radius 2 is 1.74 bits per heavy atom. The predicted octanol–water partition coefficient (Wildman–Crippen LogP) is 1.75. The first kappa shape index (κ1) is 20.9. The molecule has 0 aliphatic carbocycles. The van der Waals surface area contributed by atoms with E-state index in [1.807, 2.05) is 6.07 Å². The Bertz CT molecular complexity index is 830. The van der Waals surface area contributed by atoms with Crippen LogP contribution in [0.1, 0.15) is 58.2 Å². The summed E-state index contributed by atoms with van der Waals surface area (Å²) < 4.78 is 2.41. The van der Waals surface area contributed by atoms with Crippen LogP contribution in [-0.4, -0.2) is 33.0 Å². The Hall–Kier alpha value is -2.36. The fourth-order valence-electron chi connectivity index (χ4n) is 3.31. The van der Waals surface area contributed by atoms with E-state index in [0.29, 0.717) is 43.6 Å². The minimum absolute atomic E-state index is 0.00388. The molecule has 1 aromatic rings. The number of carbonyl (C=O) groups excluding carboxylic acids is 1. The molecule has 0 radical (unpaired) electrons. The first-order valence-electron chi connectivity index (χ1n) is 9.80. The number of aromatic nitrogens is 2. The number of carbonyl (C=O) groups is 1. The lowest BCUT2D eigenvalue weighted by Gasteiger charge is -2.25. The van der Waals surface area contributed by atoms with Gasteiger partial charge in [-0.3, -0.25) is 14.2 Å². The van der Waals surface area contributed by atoms with Gasteiger partial charge in [0, 0.05) is 25.3 Å². The summed E-state index contributed by atoms with van der Waals surface area (Å²) in [4.78, 5) is 39.9. The van der Waals surface area contributed by atoms with Crippen molar-refractivity contribution < 1.29 is 4.79 Å². The van der Waals surface area contributed by atoms with Gasteiger partial charge >= 0.3 is 5.69 Å². The molecule has 1 aromatic heterocycles. The van der Waals surface area contributed by atoms with Gasteiger partial charge in [0.15, 0.2) is 0 Å². The van der Waals surface area contributed by atoms with Crippen LogP contribution in [0.5, 0.6) is 0 Å². The van der Waals surface area contributed by atoms with Crippen molar-refractivity contribution >= 4 is 5.91 Å². The number of hydrogen-bond acceptors (Lipinski definition) is 4. The Morgan fingerprint density at radius 1 is 1.15 bits per heavy atom. The van der Waals surface area contributed by atoms with Gasteiger partial charge in [0.25, 0.3) is 5.56 Å². The van der Waals surface area contributed by atoms with Crippen molar-refractivity contribution in [2.24, 2.45) is 11.8 Å². The molecule has 0 spiro atoms. The van der Waals surface area contributed by atoms with Crippen molar-refractivity contribution in [1.82, 2.24) is 14.0 Å². The van der Waals surface area contributed by atoms with E-state index in [0.717, 1.165) is 23.8 Å². The van der Waals surface area contributed by atoms with Crippen molar-refractivity contribution in [3.8, 4) is 6.07 Å². The summed E-state index contributed by atoms with van der Waals surface area (Å²) in [5.41, 5.74) is -0.618. The van der Waals surface area contributed by atoms with Gasteiger partial charge in [-0.15, -0.1) is 0 Å². The molecule has 0 bridgehead atoms. The molecule has 1 aliphatic heterocycles. The monoisotopic (exact) mass is 374 g/mol. The minimum atomic E-state index is -0.642. The largest absolute Gasteiger partial charge is 0.341 e. The number of amides is 1. The summed E-state index contributed by atoms with van der Waals surface area (Å²) in [5, 5.41) is 9.36. The maximum Gasteiger partial charge on any atom is 0.331 e. The summed E-state index contributed by atoms with van der Waals surface area (Å²) in [7, 11) is 0. The number of hydrogen-bond donors (Lipinski definition) is 0. The van der Waals surface area contributed by atoms with E-state index in [1.165, 1.54) is 4.57 Å². The Morgan fingerprint density at radius 3 is 2.26 bits per heavy atom. The van der Waals surface area contributed by atoms with Crippen molar-refractivity contribution in [3.63, 3.8) is 0 Å². The van der Waals surface area contributed by atoms with Crippen LogP contribution in [0, 0.1) is 23.2 Å². The highest BCUT2D eigenvalue weighted by Crippen LogP contribution is 2.13. The van der Waals surface area contributed by atoms with Crippen LogP contribution >= 0.6 is 0 Å². The maximum atomic E-state index is 12.9. The van der Waals surface area contributed by atoms with Crippen LogP contribution < -0.4 is 11.2 Å². The predicted molar refractivity (Wildman–Crippen MR) is 103 cm³/mol. The standard InChI is InChI=1S/C20H30N4O3/c1-14(2)7-10-22(11-8-15(3)4)18(25)13-24-19(26)16(12-21)17-6-5-9-23(17)20(24)27/h14-15H,5-11,13H2,1-4H3. The Balaban J connectivity index is 2.30. The number of fused-ring (bicyclic) bond motifs is 1. The average molecular weight is 374 g/mol.